The number of rotatable bonds is 2. The van der Waals surface area contributed by atoms with Crippen LogP contribution in [0.4, 0.5) is 0 Å². The zero-order valence-corrected chi connectivity index (χ0v) is 12.6. The summed E-state index contributed by atoms with van der Waals surface area (Å²) in [6.45, 7) is 11.2. The normalized spacial score (nSPS) is 11.9. The van der Waals surface area contributed by atoms with E-state index in [1.54, 1.807) is 0 Å². The van der Waals surface area contributed by atoms with Gasteiger partial charge in [0.15, 0.2) is 0 Å². The zero-order valence-electron chi connectivity index (χ0n) is 12.6. The number of hydrogen-bond acceptors (Lipinski definition) is 1. The summed E-state index contributed by atoms with van der Waals surface area (Å²) in [6, 6.07) is 12.6. The largest absolute Gasteiger partial charge is 0.256 e. The summed E-state index contributed by atoms with van der Waals surface area (Å²) < 4.78 is 0. The van der Waals surface area contributed by atoms with Crippen LogP contribution in [0.1, 0.15) is 51.7 Å². The van der Waals surface area contributed by atoms with Gasteiger partial charge < -0.3 is 0 Å². The first-order chi connectivity index (χ1) is 8.89. The first kappa shape index (κ1) is 13.8. The molecule has 1 nitrogen and oxygen atoms in total. The Kier molecular flexibility index (Phi) is 3.75. The van der Waals surface area contributed by atoms with E-state index < -0.39 is 0 Å². The van der Waals surface area contributed by atoms with E-state index in [9.17, 15) is 0 Å². The maximum atomic E-state index is 4.66. The van der Waals surface area contributed by atoms with Crippen LogP contribution in [0.2, 0.25) is 0 Å². The van der Waals surface area contributed by atoms with Crippen molar-refractivity contribution in [2.75, 3.05) is 0 Å². The first-order valence-electron chi connectivity index (χ1n) is 6.95. The van der Waals surface area contributed by atoms with Gasteiger partial charge in [0.25, 0.3) is 0 Å². The molecular weight excluding hydrogens is 230 g/mol. The molecule has 0 amide bonds. The predicted octanol–water partition coefficient (Wildman–Crippen LogP) is 5.17. The molecule has 19 heavy (non-hydrogen) atoms. The summed E-state index contributed by atoms with van der Waals surface area (Å²) >= 11 is 0. The molecule has 0 aliphatic rings. The van der Waals surface area contributed by atoms with E-state index in [1.807, 2.05) is 6.07 Å². The second-order valence-electron chi connectivity index (χ2n) is 6.43. The standard InChI is InChI=1S/C18H23N/c1-13(2)15-11-17(14-9-7-6-8-10-14)19-12-16(15)18(3,4)5/h6-13H,1-5H3. The van der Waals surface area contributed by atoms with Crippen molar-refractivity contribution in [3.05, 3.63) is 53.7 Å². The van der Waals surface area contributed by atoms with Gasteiger partial charge in [-0.05, 0) is 28.5 Å². The van der Waals surface area contributed by atoms with E-state index in [4.69, 9.17) is 0 Å². The molecule has 1 aromatic carbocycles. The first-order valence-corrected chi connectivity index (χ1v) is 6.95. The van der Waals surface area contributed by atoms with Crippen LogP contribution in [-0.4, -0.2) is 4.98 Å². The van der Waals surface area contributed by atoms with Crippen molar-refractivity contribution in [3.8, 4) is 11.3 Å². The number of pyridine rings is 1. The van der Waals surface area contributed by atoms with Gasteiger partial charge in [-0.2, -0.15) is 0 Å². The maximum Gasteiger partial charge on any atom is 0.0705 e. The molecule has 0 spiro atoms. The Hall–Kier alpha value is -1.63. The van der Waals surface area contributed by atoms with Crippen LogP contribution in [-0.2, 0) is 5.41 Å². The van der Waals surface area contributed by atoms with Gasteiger partial charge in [0, 0.05) is 11.8 Å². The Balaban J connectivity index is 2.55. The third-order valence-electron chi connectivity index (χ3n) is 3.44. The predicted molar refractivity (Wildman–Crippen MR) is 82.5 cm³/mol. The van der Waals surface area contributed by atoms with Gasteiger partial charge in [-0.3, -0.25) is 4.98 Å². The Morgan fingerprint density at radius 3 is 2.16 bits per heavy atom. The van der Waals surface area contributed by atoms with Crippen LogP contribution in [0.15, 0.2) is 42.6 Å². The van der Waals surface area contributed by atoms with E-state index >= 15 is 0 Å². The number of aromatic nitrogens is 1. The highest BCUT2D eigenvalue weighted by molar-refractivity contribution is 5.60. The van der Waals surface area contributed by atoms with E-state index in [-0.39, 0.29) is 5.41 Å². The Morgan fingerprint density at radius 2 is 1.63 bits per heavy atom. The molecule has 1 heteroatoms. The molecule has 0 saturated heterocycles. The van der Waals surface area contributed by atoms with Crippen molar-refractivity contribution in [1.82, 2.24) is 4.98 Å². The molecule has 0 N–H and O–H groups in total. The van der Waals surface area contributed by atoms with Crippen molar-refractivity contribution < 1.29 is 0 Å². The van der Waals surface area contributed by atoms with Crippen LogP contribution in [0.5, 0.6) is 0 Å². The average molecular weight is 253 g/mol. The Labute approximate surface area is 116 Å². The van der Waals surface area contributed by atoms with E-state index in [0.29, 0.717) is 5.92 Å². The summed E-state index contributed by atoms with van der Waals surface area (Å²) in [5.41, 5.74) is 5.15. The molecule has 100 valence electrons. The lowest BCUT2D eigenvalue weighted by molar-refractivity contribution is 0.574. The SMILES string of the molecule is CC(C)c1cc(-c2ccccc2)ncc1C(C)(C)C. The lowest BCUT2D eigenvalue weighted by atomic mass is 9.81. The molecule has 1 aromatic heterocycles. The number of hydrogen-bond donors (Lipinski definition) is 0. The number of nitrogens with zero attached hydrogens (tertiary/aromatic N) is 1. The Morgan fingerprint density at radius 1 is 1.00 bits per heavy atom. The number of benzene rings is 1. The van der Waals surface area contributed by atoms with E-state index in [0.717, 1.165) is 5.69 Å². The molecular formula is C18H23N. The van der Waals surface area contributed by atoms with E-state index in [1.165, 1.54) is 16.7 Å². The zero-order chi connectivity index (χ0) is 14.0. The van der Waals surface area contributed by atoms with Crippen LogP contribution in [0.25, 0.3) is 11.3 Å². The second kappa shape index (κ2) is 5.16. The lowest BCUT2D eigenvalue weighted by Gasteiger charge is -2.24. The van der Waals surface area contributed by atoms with Gasteiger partial charge in [-0.1, -0.05) is 65.0 Å². The van der Waals surface area contributed by atoms with Crippen LogP contribution in [0.3, 0.4) is 0 Å². The monoisotopic (exact) mass is 253 g/mol. The fourth-order valence-corrected chi connectivity index (χ4v) is 2.34. The molecule has 0 unspecified atom stereocenters. The molecule has 0 atom stereocenters. The summed E-state index contributed by atoms with van der Waals surface area (Å²) in [7, 11) is 0. The van der Waals surface area contributed by atoms with Gasteiger partial charge in [0.1, 0.15) is 0 Å². The third kappa shape index (κ3) is 3.04. The second-order valence-corrected chi connectivity index (χ2v) is 6.43. The molecule has 0 saturated carbocycles. The summed E-state index contributed by atoms with van der Waals surface area (Å²) in [4.78, 5) is 4.66. The maximum absolute atomic E-state index is 4.66. The van der Waals surface area contributed by atoms with Crippen LogP contribution in [0, 0.1) is 0 Å². The summed E-state index contributed by atoms with van der Waals surface area (Å²) in [5.74, 6) is 0.514. The highest BCUT2D eigenvalue weighted by Crippen LogP contribution is 2.32. The molecule has 0 radical (unpaired) electrons. The van der Waals surface area contributed by atoms with Crippen LogP contribution < -0.4 is 0 Å². The van der Waals surface area contributed by atoms with Crippen molar-refractivity contribution in [2.45, 2.75) is 46.0 Å². The van der Waals surface area contributed by atoms with Crippen LogP contribution >= 0.6 is 0 Å². The highest BCUT2D eigenvalue weighted by atomic mass is 14.7. The minimum Gasteiger partial charge on any atom is -0.256 e. The van der Waals surface area contributed by atoms with Crippen molar-refractivity contribution >= 4 is 0 Å². The van der Waals surface area contributed by atoms with Gasteiger partial charge in [0.05, 0.1) is 5.69 Å². The third-order valence-corrected chi connectivity index (χ3v) is 3.44. The topological polar surface area (TPSA) is 12.9 Å². The fourth-order valence-electron chi connectivity index (χ4n) is 2.34. The molecule has 0 fully saturated rings. The van der Waals surface area contributed by atoms with Crippen molar-refractivity contribution in [1.29, 1.82) is 0 Å². The molecule has 0 aliphatic carbocycles. The lowest BCUT2D eigenvalue weighted by Crippen LogP contribution is -2.15. The van der Waals surface area contributed by atoms with Gasteiger partial charge in [-0.15, -0.1) is 0 Å². The minimum atomic E-state index is 0.141. The van der Waals surface area contributed by atoms with Gasteiger partial charge >= 0.3 is 0 Å². The Bertz CT molecular complexity index is 548. The molecule has 1 heterocycles. The molecule has 2 aromatic rings. The highest BCUT2D eigenvalue weighted by Gasteiger charge is 2.20. The smallest absolute Gasteiger partial charge is 0.0705 e. The molecule has 0 bridgehead atoms. The van der Waals surface area contributed by atoms with E-state index in [2.05, 4.69) is 76.1 Å². The minimum absolute atomic E-state index is 0.141. The van der Waals surface area contributed by atoms with Gasteiger partial charge in [0.2, 0.25) is 0 Å². The average Bonchev–Trinajstić information content (AvgIpc) is 2.38. The molecule has 2 rings (SSSR count). The van der Waals surface area contributed by atoms with Crippen molar-refractivity contribution in [2.24, 2.45) is 0 Å². The molecule has 0 aliphatic heterocycles. The summed E-state index contributed by atoms with van der Waals surface area (Å²) in [6.07, 6.45) is 2.05. The summed E-state index contributed by atoms with van der Waals surface area (Å²) in [5, 5.41) is 0. The van der Waals surface area contributed by atoms with Gasteiger partial charge in [-0.25, -0.2) is 0 Å². The van der Waals surface area contributed by atoms with Crippen molar-refractivity contribution in [3.63, 3.8) is 0 Å². The fraction of sp³-hybridized carbons (Fsp3) is 0.389. The quantitative estimate of drug-likeness (QED) is 0.719.